The highest BCUT2D eigenvalue weighted by atomic mass is 19.1. The average Bonchev–Trinajstić information content (AvgIpc) is 3.40. The summed E-state index contributed by atoms with van der Waals surface area (Å²) in [7, 11) is 2.88. The zero-order valence-corrected chi connectivity index (χ0v) is 16.7. The molecule has 0 saturated carbocycles. The number of nitrogens with zero attached hydrogens (tertiary/aromatic N) is 1. The summed E-state index contributed by atoms with van der Waals surface area (Å²) in [5.74, 6) is -1.76. The first-order valence-electron chi connectivity index (χ1n) is 9.28. The molecular weight excluding hydrogens is 405 g/mol. The van der Waals surface area contributed by atoms with Crippen molar-refractivity contribution < 1.29 is 33.0 Å². The summed E-state index contributed by atoms with van der Waals surface area (Å²) in [6.07, 6.45) is 1.40. The Kier molecular flexibility index (Phi) is 5.21. The van der Waals surface area contributed by atoms with Crippen molar-refractivity contribution in [2.45, 2.75) is 6.04 Å². The lowest BCUT2D eigenvalue weighted by atomic mass is 9.98. The Morgan fingerprint density at radius 1 is 1.06 bits per heavy atom. The Hall–Kier alpha value is -4.07. The first-order chi connectivity index (χ1) is 15.0. The third-order valence-electron chi connectivity index (χ3n) is 5.02. The second-order valence-corrected chi connectivity index (χ2v) is 6.73. The lowest BCUT2D eigenvalue weighted by Gasteiger charge is -2.23. The van der Waals surface area contributed by atoms with Crippen molar-refractivity contribution in [1.29, 1.82) is 0 Å². The lowest BCUT2D eigenvalue weighted by Crippen LogP contribution is -2.29. The zero-order chi connectivity index (χ0) is 22.1. The quantitative estimate of drug-likeness (QED) is 0.378. The number of amides is 1. The summed E-state index contributed by atoms with van der Waals surface area (Å²) in [6.45, 7) is 0. The van der Waals surface area contributed by atoms with Gasteiger partial charge in [-0.2, -0.15) is 0 Å². The number of aliphatic hydroxyl groups is 1. The van der Waals surface area contributed by atoms with Gasteiger partial charge in [-0.3, -0.25) is 14.5 Å². The molecule has 1 aliphatic heterocycles. The molecule has 1 fully saturated rings. The molecular formula is C23H18FNO6. The van der Waals surface area contributed by atoms with Gasteiger partial charge < -0.3 is 19.0 Å². The molecule has 158 valence electrons. The minimum atomic E-state index is -1.06. The van der Waals surface area contributed by atoms with E-state index in [2.05, 4.69) is 0 Å². The lowest BCUT2D eigenvalue weighted by molar-refractivity contribution is -0.132. The Morgan fingerprint density at radius 3 is 2.42 bits per heavy atom. The minimum absolute atomic E-state index is 0.176. The number of aliphatic hydroxyl groups excluding tert-OH is 1. The monoisotopic (exact) mass is 423 g/mol. The predicted molar refractivity (Wildman–Crippen MR) is 109 cm³/mol. The van der Waals surface area contributed by atoms with Crippen LogP contribution in [-0.4, -0.2) is 31.0 Å². The number of hydrogen-bond donors (Lipinski definition) is 1. The van der Waals surface area contributed by atoms with E-state index in [0.29, 0.717) is 5.75 Å². The van der Waals surface area contributed by atoms with E-state index in [-0.39, 0.29) is 28.3 Å². The number of halogens is 1. The number of ketones is 1. The summed E-state index contributed by atoms with van der Waals surface area (Å²) in [6, 6.07) is 12.0. The van der Waals surface area contributed by atoms with Crippen LogP contribution in [0.15, 0.2) is 70.9 Å². The standard InChI is InChI=1S/C23H18FNO6/c1-29-15-9-10-17(30-2)16(12-15)21(26)19-20(18-4-3-11-31-18)25(23(28)22(19)27)14-7-5-13(24)6-8-14/h3-12,20,26H,1-2H3/b21-19-. The van der Waals surface area contributed by atoms with E-state index < -0.39 is 29.3 Å². The Balaban J connectivity index is 1.95. The molecule has 1 atom stereocenters. The van der Waals surface area contributed by atoms with E-state index in [1.165, 1.54) is 55.7 Å². The molecule has 1 amide bonds. The molecule has 4 rings (SSSR count). The number of hydrogen-bond acceptors (Lipinski definition) is 6. The third-order valence-corrected chi connectivity index (χ3v) is 5.02. The Morgan fingerprint density at radius 2 is 1.81 bits per heavy atom. The van der Waals surface area contributed by atoms with Crippen LogP contribution >= 0.6 is 0 Å². The molecule has 0 radical (unpaired) electrons. The molecule has 1 unspecified atom stereocenters. The fraction of sp³-hybridized carbons (Fsp3) is 0.130. The van der Waals surface area contributed by atoms with Gasteiger partial charge in [0.15, 0.2) is 0 Å². The molecule has 8 heteroatoms. The molecule has 1 N–H and O–H groups in total. The zero-order valence-electron chi connectivity index (χ0n) is 16.7. The molecule has 31 heavy (non-hydrogen) atoms. The SMILES string of the molecule is COc1ccc(OC)c(/C(O)=C2/C(=O)C(=O)N(c3ccc(F)cc3)C2c2ccco2)c1. The van der Waals surface area contributed by atoms with E-state index in [4.69, 9.17) is 13.9 Å². The van der Waals surface area contributed by atoms with Gasteiger partial charge in [-0.15, -0.1) is 0 Å². The van der Waals surface area contributed by atoms with E-state index in [0.717, 1.165) is 0 Å². The van der Waals surface area contributed by atoms with E-state index in [1.807, 2.05) is 0 Å². The van der Waals surface area contributed by atoms with Crippen molar-refractivity contribution in [2.75, 3.05) is 19.1 Å². The van der Waals surface area contributed by atoms with Crippen LogP contribution in [0.5, 0.6) is 11.5 Å². The number of benzene rings is 2. The highest BCUT2D eigenvalue weighted by molar-refractivity contribution is 6.51. The summed E-state index contributed by atoms with van der Waals surface area (Å²) in [5.41, 5.74) is 0.271. The van der Waals surface area contributed by atoms with E-state index in [1.54, 1.807) is 24.3 Å². The number of methoxy groups -OCH3 is 2. The maximum atomic E-state index is 13.4. The second-order valence-electron chi connectivity index (χ2n) is 6.73. The first-order valence-corrected chi connectivity index (χ1v) is 9.28. The molecule has 2 aromatic carbocycles. The van der Waals surface area contributed by atoms with Crippen molar-refractivity contribution in [2.24, 2.45) is 0 Å². The molecule has 1 saturated heterocycles. The summed E-state index contributed by atoms with van der Waals surface area (Å²) in [5, 5.41) is 11.2. The molecule has 0 aliphatic carbocycles. The number of Topliss-reactive ketones (excluding diaryl/α,β-unsaturated/α-hetero) is 1. The van der Waals surface area contributed by atoms with Crippen LogP contribution < -0.4 is 14.4 Å². The van der Waals surface area contributed by atoms with Gasteiger partial charge in [0.25, 0.3) is 11.7 Å². The molecule has 2 heterocycles. The van der Waals surface area contributed by atoms with Crippen LogP contribution in [0.1, 0.15) is 17.4 Å². The van der Waals surface area contributed by atoms with E-state index >= 15 is 0 Å². The highest BCUT2D eigenvalue weighted by Crippen LogP contribution is 2.43. The highest BCUT2D eigenvalue weighted by Gasteiger charge is 2.48. The van der Waals surface area contributed by atoms with Gasteiger partial charge in [0.2, 0.25) is 0 Å². The van der Waals surface area contributed by atoms with Crippen LogP contribution in [0.2, 0.25) is 0 Å². The summed E-state index contributed by atoms with van der Waals surface area (Å²) >= 11 is 0. The molecule has 3 aromatic rings. The number of ether oxygens (including phenoxy) is 2. The van der Waals surface area contributed by atoms with Crippen LogP contribution in [0.3, 0.4) is 0 Å². The van der Waals surface area contributed by atoms with Crippen LogP contribution in [0, 0.1) is 5.82 Å². The molecule has 1 aromatic heterocycles. The van der Waals surface area contributed by atoms with Gasteiger partial charge in [-0.25, -0.2) is 4.39 Å². The second kappa shape index (κ2) is 7.98. The normalized spacial score (nSPS) is 17.8. The first kappa shape index (κ1) is 20.2. The van der Waals surface area contributed by atoms with Crippen molar-refractivity contribution >= 4 is 23.1 Å². The number of carbonyl (C=O) groups excluding carboxylic acids is 2. The third kappa shape index (κ3) is 3.42. The van der Waals surface area contributed by atoms with Crippen molar-refractivity contribution in [3.05, 3.63) is 83.6 Å². The molecule has 0 bridgehead atoms. The van der Waals surface area contributed by atoms with E-state index in [9.17, 15) is 19.1 Å². The average molecular weight is 423 g/mol. The van der Waals surface area contributed by atoms with Gasteiger partial charge >= 0.3 is 0 Å². The Labute approximate surface area is 176 Å². The van der Waals surface area contributed by atoms with Crippen molar-refractivity contribution in [3.8, 4) is 11.5 Å². The fourth-order valence-electron chi connectivity index (χ4n) is 3.56. The maximum Gasteiger partial charge on any atom is 0.300 e. The number of anilines is 1. The largest absolute Gasteiger partial charge is 0.507 e. The predicted octanol–water partition coefficient (Wildman–Crippen LogP) is 4.06. The topological polar surface area (TPSA) is 89.2 Å². The number of furan rings is 1. The van der Waals surface area contributed by atoms with Crippen molar-refractivity contribution in [3.63, 3.8) is 0 Å². The molecule has 7 nitrogen and oxygen atoms in total. The summed E-state index contributed by atoms with van der Waals surface area (Å²) in [4.78, 5) is 27.2. The van der Waals surface area contributed by atoms with Crippen LogP contribution in [-0.2, 0) is 9.59 Å². The number of carbonyl (C=O) groups is 2. The van der Waals surface area contributed by atoms with Gasteiger partial charge in [0.05, 0.1) is 31.6 Å². The fourth-order valence-corrected chi connectivity index (χ4v) is 3.56. The van der Waals surface area contributed by atoms with Crippen LogP contribution in [0.4, 0.5) is 10.1 Å². The Bertz CT molecular complexity index is 1170. The van der Waals surface area contributed by atoms with Gasteiger partial charge in [0.1, 0.15) is 34.9 Å². The van der Waals surface area contributed by atoms with Crippen molar-refractivity contribution in [1.82, 2.24) is 0 Å². The van der Waals surface area contributed by atoms with Crippen LogP contribution in [0.25, 0.3) is 5.76 Å². The molecule has 0 spiro atoms. The summed E-state index contributed by atoms with van der Waals surface area (Å²) < 4.78 is 29.4. The van der Waals surface area contributed by atoms with Gasteiger partial charge in [-0.1, -0.05) is 0 Å². The molecule has 1 aliphatic rings. The van der Waals surface area contributed by atoms with Gasteiger partial charge in [-0.05, 0) is 54.6 Å². The minimum Gasteiger partial charge on any atom is -0.507 e. The van der Waals surface area contributed by atoms with Gasteiger partial charge in [0, 0.05) is 5.69 Å². The number of rotatable bonds is 5. The smallest absolute Gasteiger partial charge is 0.300 e. The maximum absolute atomic E-state index is 13.4.